The second-order valence-corrected chi connectivity index (χ2v) is 11.1. The van der Waals surface area contributed by atoms with Gasteiger partial charge in [0.1, 0.15) is 4.91 Å². The van der Waals surface area contributed by atoms with E-state index < -0.39 is 16.1 Å². The van der Waals surface area contributed by atoms with Crippen LogP contribution in [0, 0.1) is 5.41 Å². The Morgan fingerprint density at radius 3 is 2.41 bits per heavy atom. The predicted octanol–water partition coefficient (Wildman–Crippen LogP) is 3.67. The third kappa shape index (κ3) is 4.10. The number of hydrogen-bond donors (Lipinski definition) is 2. The fourth-order valence-corrected chi connectivity index (χ4v) is 5.67. The molecule has 2 amide bonds. The summed E-state index contributed by atoms with van der Waals surface area (Å²) in [5.74, 6) is 0.104. The van der Waals surface area contributed by atoms with E-state index in [-0.39, 0.29) is 16.2 Å². The van der Waals surface area contributed by atoms with E-state index >= 15 is 0 Å². The fourth-order valence-electron chi connectivity index (χ4n) is 4.83. The molecule has 2 aliphatic carbocycles. The van der Waals surface area contributed by atoms with Crippen molar-refractivity contribution in [3.8, 4) is 0 Å². The molecule has 9 heteroatoms. The van der Waals surface area contributed by atoms with Crippen molar-refractivity contribution in [1.82, 2.24) is 9.73 Å². The molecular weight excluding hydrogens is 428 g/mol. The molecule has 1 aromatic carbocycles. The lowest BCUT2D eigenvalue weighted by atomic mass is 9.87. The van der Waals surface area contributed by atoms with Crippen LogP contribution in [-0.2, 0) is 40.4 Å². The number of carbonyl (C=O) groups is 1. The number of anilines is 1. The minimum absolute atomic E-state index is 0.0956. The molecule has 0 aromatic heterocycles. The number of nitrogens with zero attached hydrogens (tertiary/aromatic N) is 2. The van der Waals surface area contributed by atoms with Gasteiger partial charge in [-0.3, -0.25) is 0 Å². The third-order valence-corrected chi connectivity index (χ3v) is 8.43. The van der Waals surface area contributed by atoms with Crippen LogP contribution in [0.25, 0.3) is 0 Å². The molecule has 4 rings (SSSR count). The Hall–Kier alpha value is -2.55. The van der Waals surface area contributed by atoms with Gasteiger partial charge in [-0.25, -0.2) is 22.9 Å². The quantitative estimate of drug-likeness (QED) is 0.653. The molecule has 3 aliphatic rings. The maximum Gasteiger partial charge on any atom is 0.333 e. The topological polar surface area (TPSA) is 100 Å². The number of aryl methyl sites for hydroxylation is 2. The molecule has 1 unspecified atom stereocenters. The summed E-state index contributed by atoms with van der Waals surface area (Å²) in [5, 5.41) is 8.26. The van der Waals surface area contributed by atoms with Crippen LogP contribution in [0.15, 0.2) is 22.0 Å². The number of urea groups is 1. The average molecular weight is 461 g/mol. The van der Waals surface area contributed by atoms with E-state index in [2.05, 4.69) is 27.9 Å². The van der Waals surface area contributed by atoms with Crippen LogP contribution >= 0.6 is 0 Å². The second-order valence-electron chi connectivity index (χ2n) is 9.31. The standard InChI is InChI=1S/C23H32N4O4S/c1-5-23(3)13-27(24-4)21(31-14-23)15(2)32(29,30)26-22(28)25-20-18-10-6-8-16(18)12-17-9-7-11-19(17)20/h12H,4-11,13-14H2,1-3H3,(H2,25,26,28)/b21-15-. The zero-order chi connectivity index (χ0) is 23.1. The van der Waals surface area contributed by atoms with Crippen molar-refractivity contribution in [2.75, 3.05) is 18.5 Å². The summed E-state index contributed by atoms with van der Waals surface area (Å²) < 4.78 is 33.9. The minimum Gasteiger partial charge on any atom is -0.476 e. The monoisotopic (exact) mass is 460 g/mol. The van der Waals surface area contributed by atoms with Crippen LogP contribution in [0.1, 0.15) is 62.3 Å². The minimum atomic E-state index is -4.13. The third-order valence-electron chi connectivity index (χ3n) is 6.99. The lowest BCUT2D eigenvalue weighted by Gasteiger charge is -2.39. The lowest BCUT2D eigenvalue weighted by molar-refractivity contribution is -0.0263. The number of hydrazone groups is 1. The Morgan fingerprint density at radius 2 is 1.84 bits per heavy atom. The molecule has 1 atom stereocenters. The Bertz CT molecular complexity index is 1060. The van der Waals surface area contributed by atoms with E-state index in [1.807, 2.05) is 13.8 Å². The Labute approximate surface area is 190 Å². The van der Waals surface area contributed by atoms with E-state index in [0.29, 0.717) is 13.2 Å². The molecule has 174 valence electrons. The van der Waals surface area contributed by atoms with Gasteiger partial charge in [-0.1, -0.05) is 19.9 Å². The number of ether oxygens (including phenoxy) is 1. The van der Waals surface area contributed by atoms with E-state index in [1.54, 1.807) is 0 Å². The van der Waals surface area contributed by atoms with Gasteiger partial charge in [0.05, 0.1) is 13.2 Å². The Balaban J connectivity index is 1.55. The van der Waals surface area contributed by atoms with E-state index in [0.717, 1.165) is 61.8 Å². The molecule has 2 N–H and O–H groups in total. The summed E-state index contributed by atoms with van der Waals surface area (Å²) in [6.07, 6.45) is 6.76. The van der Waals surface area contributed by atoms with Gasteiger partial charge < -0.3 is 10.1 Å². The van der Waals surface area contributed by atoms with Gasteiger partial charge in [-0.2, -0.15) is 5.10 Å². The van der Waals surface area contributed by atoms with E-state index in [4.69, 9.17) is 4.74 Å². The maximum atomic E-state index is 13.0. The molecule has 1 aromatic rings. The molecular formula is C23H32N4O4S. The summed E-state index contributed by atoms with van der Waals surface area (Å²) in [7, 11) is -4.13. The first kappa shape index (κ1) is 22.6. The van der Waals surface area contributed by atoms with Crippen molar-refractivity contribution in [2.24, 2.45) is 10.5 Å². The molecule has 0 saturated carbocycles. The van der Waals surface area contributed by atoms with Crippen LogP contribution in [-0.4, -0.2) is 39.3 Å². The predicted molar refractivity (Wildman–Crippen MR) is 125 cm³/mol. The van der Waals surface area contributed by atoms with Gasteiger partial charge in [-0.05, 0) is 74.1 Å². The highest BCUT2D eigenvalue weighted by molar-refractivity contribution is 7.93. The summed E-state index contributed by atoms with van der Waals surface area (Å²) in [5.41, 5.74) is 5.46. The molecule has 32 heavy (non-hydrogen) atoms. The highest BCUT2D eigenvalue weighted by atomic mass is 32.2. The molecule has 0 radical (unpaired) electrons. The Morgan fingerprint density at radius 1 is 1.22 bits per heavy atom. The largest absolute Gasteiger partial charge is 0.476 e. The SMILES string of the molecule is C=NN1CC(C)(CC)CO/C1=C(/C)S(=O)(=O)NC(=O)Nc1c2c(cc3c1CCC3)CCC2. The van der Waals surface area contributed by atoms with Crippen molar-refractivity contribution in [1.29, 1.82) is 0 Å². The van der Waals surface area contributed by atoms with E-state index in [9.17, 15) is 13.2 Å². The van der Waals surface area contributed by atoms with Crippen LogP contribution in [0.5, 0.6) is 0 Å². The molecule has 1 fully saturated rings. The number of rotatable bonds is 5. The number of benzene rings is 1. The zero-order valence-corrected chi connectivity index (χ0v) is 19.9. The second kappa shape index (κ2) is 8.42. The van der Waals surface area contributed by atoms with E-state index in [1.165, 1.54) is 23.1 Å². The first-order valence-corrected chi connectivity index (χ1v) is 12.7. The van der Waals surface area contributed by atoms with Crippen LogP contribution in [0.4, 0.5) is 10.5 Å². The number of carbonyl (C=O) groups excluding carboxylic acids is 1. The highest BCUT2D eigenvalue weighted by Crippen LogP contribution is 2.38. The molecule has 0 spiro atoms. The number of amides is 2. The summed E-state index contributed by atoms with van der Waals surface area (Å²) in [6.45, 7) is 9.92. The van der Waals surface area contributed by atoms with Crippen molar-refractivity contribution < 1.29 is 17.9 Å². The lowest BCUT2D eigenvalue weighted by Crippen LogP contribution is -2.43. The number of hydrogen-bond acceptors (Lipinski definition) is 6. The zero-order valence-electron chi connectivity index (χ0n) is 19.1. The van der Waals surface area contributed by atoms with Crippen molar-refractivity contribution in [3.05, 3.63) is 39.1 Å². The molecule has 0 bridgehead atoms. The van der Waals surface area contributed by atoms with Gasteiger partial charge >= 0.3 is 6.03 Å². The van der Waals surface area contributed by atoms with Gasteiger partial charge in [-0.15, -0.1) is 0 Å². The number of sulfonamides is 1. The molecule has 1 heterocycles. The maximum absolute atomic E-state index is 13.0. The highest BCUT2D eigenvalue weighted by Gasteiger charge is 2.36. The number of nitrogens with one attached hydrogen (secondary N) is 2. The summed E-state index contributed by atoms with van der Waals surface area (Å²) in [6, 6.07) is 1.51. The van der Waals surface area contributed by atoms with Crippen LogP contribution in [0.3, 0.4) is 0 Å². The van der Waals surface area contributed by atoms with Crippen molar-refractivity contribution in [2.45, 2.75) is 65.7 Å². The smallest absolute Gasteiger partial charge is 0.333 e. The molecule has 8 nitrogen and oxygen atoms in total. The summed E-state index contributed by atoms with van der Waals surface area (Å²) in [4.78, 5) is 12.7. The molecule has 1 aliphatic heterocycles. The van der Waals surface area contributed by atoms with Gasteiger partial charge in [0, 0.05) is 17.8 Å². The number of fused-ring (bicyclic) bond motifs is 2. The molecule has 1 saturated heterocycles. The fraction of sp³-hybridized carbons (Fsp3) is 0.565. The average Bonchev–Trinajstić information content (AvgIpc) is 3.42. The van der Waals surface area contributed by atoms with Crippen molar-refractivity contribution in [3.63, 3.8) is 0 Å². The Kier molecular flexibility index (Phi) is 5.96. The number of allylic oxidation sites excluding steroid dienone is 1. The van der Waals surface area contributed by atoms with Crippen LogP contribution < -0.4 is 10.0 Å². The first-order chi connectivity index (χ1) is 15.2. The van der Waals surface area contributed by atoms with Gasteiger partial charge in [0.25, 0.3) is 10.0 Å². The summed E-state index contributed by atoms with van der Waals surface area (Å²) >= 11 is 0. The first-order valence-electron chi connectivity index (χ1n) is 11.3. The van der Waals surface area contributed by atoms with Crippen LogP contribution in [0.2, 0.25) is 0 Å². The van der Waals surface area contributed by atoms with Gasteiger partial charge in [0.2, 0.25) is 5.88 Å². The van der Waals surface area contributed by atoms with Crippen molar-refractivity contribution >= 4 is 28.5 Å². The normalized spacial score (nSPS) is 23.8. The van der Waals surface area contributed by atoms with Gasteiger partial charge in [0.15, 0.2) is 0 Å².